The first-order chi connectivity index (χ1) is 9.42. The van der Waals surface area contributed by atoms with Crippen LogP contribution in [0.5, 0.6) is 0 Å². The van der Waals surface area contributed by atoms with Gasteiger partial charge in [0, 0.05) is 15.8 Å². The van der Waals surface area contributed by atoms with E-state index in [4.69, 9.17) is 10.8 Å². The number of hydrogen-bond donors (Lipinski definition) is 3. The fourth-order valence-electron chi connectivity index (χ4n) is 1.62. The maximum absolute atomic E-state index is 12.3. The van der Waals surface area contributed by atoms with Crippen molar-refractivity contribution < 1.29 is 13.5 Å². The van der Waals surface area contributed by atoms with Crippen LogP contribution in [-0.2, 0) is 16.6 Å². The van der Waals surface area contributed by atoms with Crippen molar-refractivity contribution in [1.29, 1.82) is 0 Å². The number of anilines is 2. The summed E-state index contributed by atoms with van der Waals surface area (Å²) in [6, 6.07) is 11.0. The van der Waals surface area contributed by atoms with Gasteiger partial charge in [0.15, 0.2) is 0 Å². The number of nitrogens with one attached hydrogen (secondary N) is 1. The smallest absolute Gasteiger partial charge is 0.263 e. The summed E-state index contributed by atoms with van der Waals surface area (Å²) in [7, 11) is -3.70. The Bertz CT molecular complexity index is 715. The number of nitrogens with two attached hydrogens (primary N) is 1. The number of benzene rings is 2. The van der Waals surface area contributed by atoms with Gasteiger partial charge in [-0.2, -0.15) is 0 Å². The summed E-state index contributed by atoms with van der Waals surface area (Å²) < 4.78 is 27.4. The fraction of sp³-hybridized carbons (Fsp3) is 0.0769. The summed E-state index contributed by atoms with van der Waals surface area (Å²) in [5.41, 5.74) is 7.19. The molecule has 0 spiro atoms. The van der Waals surface area contributed by atoms with E-state index in [9.17, 15) is 8.42 Å². The van der Waals surface area contributed by atoms with E-state index in [0.29, 0.717) is 21.4 Å². The zero-order valence-electron chi connectivity index (χ0n) is 10.4. The molecule has 0 saturated carbocycles. The molecule has 0 aliphatic heterocycles. The Morgan fingerprint density at radius 2 is 1.80 bits per heavy atom. The summed E-state index contributed by atoms with van der Waals surface area (Å²) in [6.45, 7) is -0.0868. The van der Waals surface area contributed by atoms with Crippen molar-refractivity contribution in [3.8, 4) is 0 Å². The van der Waals surface area contributed by atoms with E-state index in [2.05, 4.69) is 20.7 Å². The molecule has 0 fully saturated rings. The molecule has 0 radical (unpaired) electrons. The predicted octanol–water partition coefficient (Wildman–Crippen LogP) is 2.32. The second-order valence-electron chi connectivity index (χ2n) is 4.15. The second kappa shape index (κ2) is 5.82. The van der Waals surface area contributed by atoms with Crippen LogP contribution < -0.4 is 10.5 Å². The molecule has 0 aliphatic carbocycles. The van der Waals surface area contributed by atoms with Crippen molar-refractivity contribution in [2.45, 2.75) is 11.5 Å². The molecule has 4 N–H and O–H groups in total. The Morgan fingerprint density at radius 3 is 2.35 bits per heavy atom. The summed E-state index contributed by atoms with van der Waals surface area (Å²) in [6.07, 6.45) is 0. The van der Waals surface area contributed by atoms with E-state index in [1.165, 1.54) is 18.2 Å². The normalized spacial score (nSPS) is 11.3. The van der Waals surface area contributed by atoms with Crippen LogP contribution in [0.4, 0.5) is 11.4 Å². The summed E-state index contributed by atoms with van der Waals surface area (Å²) in [5, 5.41) is 8.94. The Labute approximate surface area is 125 Å². The topological polar surface area (TPSA) is 92.4 Å². The molecule has 2 rings (SSSR count). The molecule has 0 aliphatic rings. The number of halogens is 1. The van der Waals surface area contributed by atoms with E-state index < -0.39 is 10.0 Å². The van der Waals surface area contributed by atoms with E-state index in [-0.39, 0.29) is 11.5 Å². The number of rotatable bonds is 4. The first kappa shape index (κ1) is 14.8. The Hall–Kier alpha value is -1.57. The molecular weight excluding hydrogens is 344 g/mol. The van der Waals surface area contributed by atoms with Crippen LogP contribution in [0.1, 0.15) is 5.56 Å². The van der Waals surface area contributed by atoms with Gasteiger partial charge in [-0.15, -0.1) is 0 Å². The van der Waals surface area contributed by atoms with Crippen LogP contribution in [0, 0.1) is 0 Å². The lowest BCUT2D eigenvalue weighted by molar-refractivity contribution is 0.282. The zero-order chi connectivity index (χ0) is 14.8. The molecular formula is C13H13BrN2O3S. The highest BCUT2D eigenvalue weighted by atomic mass is 79.9. The highest BCUT2D eigenvalue weighted by molar-refractivity contribution is 9.10. The molecule has 5 nitrogen and oxygen atoms in total. The van der Waals surface area contributed by atoms with E-state index >= 15 is 0 Å². The largest absolute Gasteiger partial charge is 0.399 e. The predicted molar refractivity (Wildman–Crippen MR) is 81.7 cm³/mol. The van der Waals surface area contributed by atoms with Crippen molar-refractivity contribution in [2.24, 2.45) is 0 Å². The van der Waals surface area contributed by atoms with Crippen LogP contribution in [-0.4, -0.2) is 13.5 Å². The highest BCUT2D eigenvalue weighted by Gasteiger charge is 2.17. The van der Waals surface area contributed by atoms with Gasteiger partial charge in [0.2, 0.25) is 0 Å². The van der Waals surface area contributed by atoms with Crippen LogP contribution >= 0.6 is 15.9 Å². The SMILES string of the molecule is Nc1ccc(S(=O)(=O)Nc2ccc(CO)cc2)c(Br)c1. The summed E-state index contributed by atoms with van der Waals surface area (Å²) >= 11 is 3.19. The number of aliphatic hydroxyl groups is 1. The van der Waals surface area contributed by atoms with Gasteiger partial charge in [-0.25, -0.2) is 8.42 Å². The van der Waals surface area contributed by atoms with Gasteiger partial charge in [-0.05, 0) is 51.8 Å². The zero-order valence-corrected chi connectivity index (χ0v) is 12.8. The molecule has 20 heavy (non-hydrogen) atoms. The van der Waals surface area contributed by atoms with Crippen molar-refractivity contribution in [3.05, 3.63) is 52.5 Å². The minimum Gasteiger partial charge on any atom is -0.399 e. The molecule has 2 aromatic carbocycles. The Kier molecular flexibility index (Phi) is 4.32. The third-order valence-corrected chi connectivity index (χ3v) is 4.99. The standard InChI is InChI=1S/C13H13BrN2O3S/c14-12-7-10(15)3-6-13(12)20(18,19)16-11-4-1-9(8-17)2-5-11/h1-7,16-17H,8,15H2. The van der Waals surface area contributed by atoms with Gasteiger partial charge in [0.1, 0.15) is 4.90 Å². The quantitative estimate of drug-likeness (QED) is 0.733. The van der Waals surface area contributed by atoms with Crippen LogP contribution in [0.3, 0.4) is 0 Å². The van der Waals surface area contributed by atoms with Crippen molar-refractivity contribution in [3.63, 3.8) is 0 Å². The summed E-state index contributed by atoms with van der Waals surface area (Å²) in [4.78, 5) is 0.109. The van der Waals surface area contributed by atoms with Gasteiger partial charge in [0.05, 0.1) is 6.61 Å². The van der Waals surface area contributed by atoms with E-state index in [1.54, 1.807) is 24.3 Å². The average Bonchev–Trinajstić information content (AvgIpc) is 2.38. The highest BCUT2D eigenvalue weighted by Crippen LogP contribution is 2.26. The second-order valence-corrected chi connectivity index (χ2v) is 6.66. The molecule has 0 unspecified atom stereocenters. The number of hydrogen-bond acceptors (Lipinski definition) is 4. The van der Waals surface area contributed by atoms with Gasteiger partial charge in [0.25, 0.3) is 10.0 Å². The molecule has 0 saturated heterocycles. The van der Waals surface area contributed by atoms with Crippen LogP contribution in [0.25, 0.3) is 0 Å². The number of nitrogen functional groups attached to an aromatic ring is 1. The van der Waals surface area contributed by atoms with Crippen LogP contribution in [0.15, 0.2) is 51.8 Å². The number of aliphatic hydroxyl groups excluding tert-OH is 1. The minimum atomic E-state index is -3.70. The summed E-state index contributed by atoms with van der Waals surface area (Å²) in [5.74, 6) is 0. The molecule has 0 amide bonds. The molecule has 7 heteroatoms. The Balaban J connectivity index is 2.30. The molecule has 2 aromatic rings. The Morgan fingerprint density at radius 1 is 1.15 bits per heavy atom. The van der Waals surface area contributed by atoms with Crippen molar-refractivity contribution in [2.75, 3.05) is 10.5 Å². The van der Waals surface area contributed by atoms with Crippen molar-refractivity contribution in [1.82, 2.24) is 0 Å². The van der Waals surface area contributed by atoms with Crippen molar-refractivity contribution >= 4 is 37.3 Å². The third-order valence-electron chi connectivity index (χ3n) is 2.63. The first-order valence-corrected chi connectivity index (χ1v) is 7.97. The molecule has 0 aromatic heterocycles. The monoisotopic (exact) mass is 356 g/mol. The molecule has 0 atom stereocenters. The lowest BCUT2D eigenvalue weighted by Gasteiger charge is -2.10. The van der Waals surface area contributed by atoms with E-state index in [1.807, 2.05) is 0 Å². The number of sulfonamides is 1. The average molecular weight is 357 g/mol. The van der Waals surface area contributed by atoms with Gasteiger partial charge in [-0.3, -0.25) is 4.72 Å². The lowest BCUT2D eigenvalue weighted by Crippen LogP contribution is -2.13. The minimum absolute atomic E-state index is 0.0868. The van der Waals surface area contributed by atoms with Crippen LogP contribution in [0.2, 0.25) is 0 Å². The lowest BCUT2D eigenvalue weighted by atomic mass is 10.2. The first-order valence-electron chi connectivity index (χ1n) is 5.70. The molecule has 0 heterocycles. The van der Waals surface area contributed by atoms with E-state index in [0.717, 1.165) is 0 Å². The van der Waals surface area contributed by atoms with Gasteiger partial charge in [-0.1, -0.05) is 12.1 Å². The van der Waals surface area contributed by atoms with Gasteiger partial charge < -0.3 is 10.8 Å². The maximum Gasteiger partial charge on any atom is 0.263 e. The van der Waals surface area contributed by atoms with Gasteiger partial charge >= 0.3 is 0 Å². The third kappa shape index (κ3) is 3.30. The molecule has 106 valence electrons. The maximum atomic E-state index is 12.3. The fourth-order valence-corrected chi connectivity index (χ4v) is 3.78. The molecule has 0 bridgehead atoms.